The van der Waals surface area contributed by atoms with E-state index in [0.29, 0.717) is 0 Å². The second-order valence-corrected chi connectivity index (χ2v) is 8.16. The van der Waals surface area contributed by atoms with Gasteiger partial charge in [-0.05, 0) is 67.1 Å². The predicted molar refractivity (Wildman–Crippen MR) is 108 cm³/mol. The molecule has 0 aromatic carbocycles. The van der Waals surface area contributed by atoms with Crippen molar-refractivity contribution in [2.75, 3.05) is 24.5 Å². The molecule has 0 bridgehead atoms. The Kier molecular flexibility index (Phi) is 4.15. The molecular weight excluding hydrogens is 427 g/mol. The SMILES string of the molecule is Cc1cc(N2CCNC(C)(C)C2)nn2c(I)c(-c3ccncc3)nc12. The fourth-order valence-electron chi connectivity index (χ4n) is 3.31. The van der Waals surface area contributed by atoms with Crippen molar-refractivity contribution in [2.24, 2.45) is 0 Å². The molecule has 6 nitrogen and oxygen atoms in total. The summed E-state index contributed by atoms with van der Waals surface area (Å²) in [7, 11) is 0. The number of hydrogen-bond acceptors (Lipinski definition) is 5. The molecule has 1 aliphatic heterocycles. The first-order chi connectivity index (χ1) is 11.9. The Balaban J connectivity index is 1.81. The number of aryl methyl sites for hydroxylation is 1. The summed E-state index contributed by atoms with van der Waals surface area (Å²) in [6, 6.07) is 6.12. The van der Waals surface area contributed by atoms with Crippen molar-refractivity contribution >= 4 is 34.1 Å². The van der Waals surface area contributed by atoms with Gasteiger partial charge >= 0.3 is 0 Å². The molecule has 0 radical (unpaired) electrons. The van der Waals surface area contributed by atoms with Crippen LogP contribution in [-0.4, -0.2) is 44.8 Å². The zero-order valence-electron chi connectivity index (χ0n) is 14.6. The van der Waals surface area contributed by atoms with E-state index < -0.39 is 0 Å². The molecule has 0 amide bonds. The zero-order valence-corrected chi connectivity index (χ0v) is 16.8. The number of nitrogens with zero attached hydrogens (tertiary/aromatic N) is 5. The topological polar surface area (TPSA) is 58.4 Å². The summed E-state index contributed by atoms with van der Waals surface area (Å²) in [5.41, 5.74) is 4.16. The van der Waals surface area contributed by atoms with Gasteiger partial charge in [-0.3, -0.25) is 4.98 Å². The summed E-state index contributed by atoms with van der Waals surface area (Å²) in [6.07, 6.45) is 3.59. The van der Waals surface area contributed by atoms with Gasteiger partial charge in [-0.1, -0.05) is 0 Å². The number of halogens is 1. The van der Waals surface area contributed by atoms with Crippen molar-refractivity contribution in [2.45, 2.75) is 26.3 Å². The first-order valence-electron chi connectivity index (χ1n) is 8.41. The van der Waals surface area contributed by atoms with Crippen molar-refractivity contribution in [3.05, 3.63) is 39.9 Å². The molecular formula is C18H21IN6. The molecule has 4 rings (SSSR count). The highest BCUT2D eigenvalue weighted by Gasteiger charge is 2.27. The second-order valence-electron chi connectivity index (χ2n) is 7.14. The molecule has 0 saturated carbocycles. The van der Waals surface area contributed by atoms with E-state index in [9.17, 15) is 0 Å². The zero-order chi connectivity index (χ0) is 17.6. The van der Waals surface area contributed by atoms with Crippen molar-refractivity contribution in [1.82, 2.24) is 24.9 Å². The molecule has 25 heavy (non-hydrogen) atoms. The molecule has 0 aliphatic carbocycles. The minimum atomic E-state index is 0.0904. The summed E-state index contributed by atoms with van der Waals surface area (Å²) in [5.74, 6) is 1.01. The molecule has 3 aromatic heterocycles. The van der Waals surface area contributed by atoms with Crippen LogP contribution in [-0.2, 0) is 0 Å². The lowest BCUT2D eigenvalue weighted by molar-refractivity contribution is 0.351. The van der Waals surface area contributed by atoms with Gasteiger partial charge in [0.15, 0.2) is 5.65 Å². The molecule has 1 fully saturated rings. The lowest BCUT2D eigenvalue weighted by atomic mass is 10.0. The van der Waals surface area contributed by atoms with Crippen LogP contribution in [0.1, 0.15) is 19.4 Å². The van der Waals surface area contributed by atoms with E-state index in [1.165, 1.54) is 0 Å². The van der Waals surface area contributed by atoms with Gasteiger partial charge in [0.2, 0.25) is 0 Å². The molecule has 1 aliphatic rings. The summed E-state index contributed by atoms with van der Waals surface area (Å²) < 4.78 is 2.99. The summed E-state index contributed by atoms with van der Waals surface area (Å²) in [4.78, 5) is 11.3. The fraction of sp³-hybridized carbons (Fsp3) is 0.389. The molecule has 0 spiro atoms. The van der Waals surface area contributed by atoms with Crippen molar-refractivity contribution < 1.29 is 0 Å². The van der Waals surface area contributed by atoms with Crippen molar-refractivity contribution in [3.63, 3.8) is 0 Å². The minimum Gasteiger partial charge on any atom is -0.352 e. The molecule has 4 heterocycles. The van der Waals surface area contributed by atoms with Gasteiger partial charge in [-0.25, -0.2) is 9.50 Å². The van der Waals surface area contributed by atoms with Crippen LogP contribution in [0.5, 0.6) is 0 Å². The van der Waals surface area contributed by atoms with Crippen LogP contribution < -0.4 is 10.2 Å². The van der Waals surface area contributed by atoms with Gasteiger partial charge in [-0.2, -0.15) is 0 Å². The number of pyridine rings is 1. The maximum atomic E-state index is 4.90. The third-order valence-corrected chi connectivity index (χ3v) is 5.52. The Bertz CT molecular complexity index is 918. The van der Waals surface area contributed by atoms with Crippen molar-refractivity contribution in [1.29, 1.82) is 0 Å². The first-order valence-corrected chi connectivity index (χ1v) is 9.49. The Labute approximate surface area is 160 Å². The number of fused-ring (bicyclic) bond motifs is 1. The standard InChI is InChI=1S/C18H21IN6/c1-12-10-14(24-9-8-21-18(2,3)11-24)23-25-16(19)15(22-17(12)25)13-4-6-20-7-5-13/h4-7,10,21H,8-9,11H2,1-3H3. The highest BCUT2D eigenvalue weighted by atomic mass is 127. The minimum absolute atomic E-state index is 0.0904. The molecule has 0 atom stereocenters. The number of piperazine rings is 1. The van der Waals surface area contributed by atoms with Gasteiger partial charge in [-0.15, -0.1) is 5.10 Å². The van der Waals surface area contributed by atoms with Crippen LogP contribution in [0.25, 0.3) is 16.9 Å². The van der Waals surface area contributed by atoms with E-state index in [-0.39, 0.29) is 5.54 Å². The number of hydrogen-bond donors (Lipinski definition) is 1. The van der Waals surface area contributed by atoms with E-state index in [1.54, 1.807) is 12.4 Å². The van der Waals surface area contributed by atoms with Gasteiger partial charge in [0, 0.05) is 43.1 Å². The monoisotopic (exact) mass is 448 g/mol. The van der Waals surface area contributed by atoms with E-state index in [0.717, 1.165) is 51.6 Å². The van der Waals surface area contributed by atoms with Gasteiger partial charge < -0.3 is 10.2 Å². The molecule has 1 N–H and O–H groups in total. The van der Waals surface area contributed by atoms with Gasteiger partial charge in [0.25, 0.3) is 0 Å². The first kappa shape index (κ1) is 16.7. The normalized spacial score (nSPS) is 17.2. The van der Waals surface area contributed by atoms with Gasteiger partial charge in [0.05, 0.1) is 0 Å². The number of anilines is 1. The summed E-state index contributed by atoms with van der Waals surface area (Å²) >= 11 is 2.34. The summed E-state index contributed by atoms with van der Waals surface area (Å²) in [5, 5.41) is 8.45. The number of rotatable bonds is 2. The molecule has 1 saturated heterocycles. The van der Waals surface area contributed by atoms with Crippen LogP contribution in [0, 0.1) is 10.6 Å². The second kappa shape index (κ2) is 6.21. The van der Waals surface area contributed by atoms with Crippen LogP contribution in [0.3, 0.4) is 0 Å². The van der Waals surface area contributed by atoms with E-state index in [1.807, 2.05) is 16.6 Å². The molecule has 0 unspecified atom stereocenters. The van der Waals surface area contributed by atoms with Crippen molar-refractivity contribution in [3.8, 4) is 11.3 Å². The number of imidazole rings is 1. The largest absolute Gasteiger partial charge is 0.352 e. The van der Waals surface area contributed by atoms with E-state index >= 15 is 0 Å². The lowest BCUT2D eigenvalue weighted by Crippen LogP contribution is -2.57. The smallest absolute Gasteiger partial charge is 0.158 e. The quantitative estimate of drug-likeness (QED) is 0.612. The highest BCUT2D eigenvalue weighted by molar-refractivity contribution is 14.1. The Morgan fingerprint density at radius 1 is 1.24 bits per heavy atom. The van der Waals surface area contributed by atoms with Crippen LogP contribution in [0.4, 0.5) is 5.82 Å². The Morgan fingerprint density at radius 3 is 2.72 bits per heavy atom. The van der Waals surface area contributed by atoms with Crippen LogP contribution in [0.2, 0.25) is 0 Å². The Morgan fingerprint density at radius 2 is 2.00 bits per heavy atom. The average Bonchev–Trinajstić information content (AvgIpc) is 2.92. The lowest BCUT2D eigenvalue weighted by Gasteiger charge is -2.39. The van der Waals surface area contributed by atoms with E-state index in [2.05, 4.69) is 64.6 Å². The highest BCUT2D eigenvalue weighted by Crippen LogP contribution is 2.28. The molecule has 7 heteroatoms. The molecule has 3 aromatic rings. The van der Waals surface area contributed by atoms with Crippen LogP contribution >= 0.6 is 22.6 Å². The summed E-state index contributed by atoms with van der Waals surface area (Å²) in [6.45, 7) is 9.43. The maximum absolute atomic E-state index is 4.90. The third kappa shape index (κ3) is 3.10. The number of aromatic nitrogens is 4. The van der Waals surface area contributed by atoms with Crippen LogP contribution in [0.15, 0.2) is 30.6 Å². The Hall–Kier alpha value is -1.74. The van der Waals surface area contributed by atoms with E-state index in [4.69, 9.17) is 10.1 Å². The average molecular weight is 448 g/mol. The third-order valence-electron chi connectivity index (χ3n) is 4.55. The van der Waals surface area contributed by atoms with Gasteiger partial charge in [0.1, 0.15) is 15.2 Å². The maximum Gasteiger partial charge on any atom is 0.158 e. The number of nitrogens with one attached hydrogen (secondary N) is 1. The predicted octanol–water partition coefficient (Wildman–Crippen LogP) is 2.89. The molecule has 130 valence electrons. The fourth-order valence-corrected chi connectivity index (χ4v) is 4.08.